The third-order valence-corrected chi connectivity index (χ3v) is 4.52. The second-order valence-corrected chi connectivity index (χ2v) is 6.11. The molecule has 1 heterocycles. The number of fused-ring (bicyclic) bond motifs is 1. The van der Waals surface area contributed by atoms with Gasteiger partial charge in [-0.1, -0.05) is 12.1 Å². The molecule has 0 aliphatic carbocycles. The summed E-state index contributed by atoms with van der Waals surface area (Å²) in [6, 6.07) is 7.45. The van der Waals surface area contributed by atoms with E-state index in [1.807, 2.05) is 38.1 Å². The van der Waals surface area contributed by atoms with E-state index >= 15 is 0 Å². The van der Waals surface area contributed by atoms with E-state index < -0.39 is 10.0 Å². The highest BCUT2D eigenvalue weighted by Gasteiger charge is 2.29. The van der Waals surface area contributed by atoms with Gasteiger partial charge in [0.1, 0.15) is 0 Å². The molecule has 1 aromatic carbocycles. The molecule has 5 heteroatoms. The zero-order valence-electron chi connectivity index (χ0n) is 9.47. The zero-order valence-corrected chi connectivity index (χ0v) is 10.3. The topological polar surface area (TPSA) is 49.4 Å². The van der Waals surface area contributed by atoms with Crippen LogP contribution in [0, 0.1) is 0 Å². The monoisotopic (exact) mass is 240 g/mol. The number of hydrogen-bond acceptors (Lipinski definition) is 3. The predicted molar refractivity (Wildman–Crippen MR) is 66.3 cm³/mol. The minimum Gasteiger partial charge on any atom is -0.382 e. The van der Waals surface area contributed by atoms with Crippen LogP contribution >= 0.6 is 0 Å². The first-order chi connectivity index (χ1) is 7.52. The lowest BCUT2D eigenvalue weighted by molar-refractivity contribution is 0.586. The van der Waals surface area contributed by atoms with Gasteiger partial charge in [-0.05, 0) is 26.0 Å². The van der Waals surface area contributed by atoms with E-state index in [0.717, 1.165) is 11.4 Å². The van der Waals surface area contributed by atoms with Gasteiger partial charge in [0.05, 0.1) is 17.1 Å². The Kier molecular flexibility index (Phi) is 2.80. The Morgan fingerprint density at radius 1 is 1.31 bits per heavy atom. The smallest absolute Gasteiger partial charge is 0.237 e. The fraction of sp³-hybridized carbons (Fsp3) is 0.455. The molecular weight excluding hydrogens is 224 g/mol. The SMILES string of the molecule is CC(C)N1c2ccccc2NCCS1(=O)=O. The lowest BCUT2D eigenvalue weighted by Gasteiger charge is -2.27. The average Bonchev–Trinajstić information content (AvgIpc) is 2.31. The molecule has 0 saturated heterocycles. The number of benzene rings is 1. The Bertz CT molecular complexity index is 483. The molecule has 0 unspecified atom stereocenters. The van der Waals surface area contributed by atoms with Gasteiger partial charge >= 0.3 is 0 Å². The molecule has 0 amide bonds. The maximum atomic E-state index is 12.1. The van der Waals surface area contributed by atoms with Crippen LogP contribution in [-0.4, -0.2) is 26.8 Å². The van der Waals surface area contributed by atoms with Crippen molar-refractivity contribution in [1.82, 2.24) is 0 Å². The van der Waals surface area contributed by atoms with Crippen molar-refractivity contribution in [3.63, 3.8) is 0 Å². The van der Waals surface area contributed by atoms with Crippen molar-refractivity contribution in [2.75, 3.05) is 21.9 Å². The van der Waals surface area contributed by atoms with Crippen LogP contribution in [0.15, 0.2) is 24.3 Å². The van der Waals surface area contributed by atoms with E-state index in [0.29, 0.717) is 6.54 Å². The van der Waals surface area contributed by atoms with E-state index in [-0.39, 0.29) is 11.8 Å². The minimum absolute atomic E-state index is 0.0638. The highest BCUT2D eigenvalue weighted by atomic mass is 32.2. The molecule has 1 aliphatic heterocycles. The largest absolute Gasteiger partial charge is 0.382 e. The van der Waals surface area contributed by atoms with Crippen LogP contribution in [0.4, 0.5) is 11.4 Å². The fourth-order valence-electron chi connectivity index (χ4n) is 1.98. The molecule has 88 valence electrons. The number of para-hydroxylation sites is 2. The van der Waals surface area contributed by atoms with Crippen LogP contribution in [0.2, 0.25) is 0 Å². The van der Waals surface area contributed by atoms with Crippen LogP contribution in [0.1, 0.15) is 13.8 Å². The van der Waals surface area contributed by atoms with Crippen molar-refractivity contribution >= 4 is 21.4 Å². The Labute approximate surface area is 96.3 Å². The second kappa shape index (κ2) is 3.97. The molecule has 0 saturated carbocycles. The van der Waals surface area contributed by atoms with Crippen LogP contribution in [0.3, 0.4) is 0 Å². The quantitative estimate of drug-likeness (QED) is 0.812. The van der Waals surface area contributed by atoms with Gasteiger partial charge in [-0.2, -0.15) is 0 Å². The summed E-state index contributed by atoms with van der Waals surface area (Å²) < 4.78 is 25.7. The Morgan fingerprint density at radius 3 is 2.69 bits per heavy atom. The standard InChI is InChI=1S/C11H16N2O2S/c1-9(2)13-11-6-4-3-5-10(11)12-7-8-16(13,14)15/h3-6,9,12H,7-8H2,1-2H3. The van der Waals surface area contributed by atoms with Crippen LogP contribution in [0.5, 0.6) is 0 Å². The van der Waals surface area contributed by atoms with Gasteiger partial charge in [0, 0.05) is 12.6 Å². The van der Waals surface area contributed by atoms with E-state index in [1.54, 1.807) is 0 Å². The first-order valence-corrected chi connectivity index (χ1v) is 6.98. The molecule has 0 radical (unpaired) electrons. The van der Waals surface area contributed by atoms with Crippen molar-refractivity contribution in [3.05, 3.63) is 24.3 Å². The van der Waals surface area contributed by atoms with Gasteiger partial charge in [0.15, 0.2) is 0 Å². The summed E-state index contributed by atoms with van der Waals surface area (Å²) in [5, 5.41) is 3.14. The van der Waals surface area contributed by atoms with Crippen molar-refractivity contribution in [3.8, 4) is 0 Å². The maximum absolute atomic E-state index is 12.1. The van der Waals surface area contributed by atoms with Gasteiger partial charge in [-0.3, -0.25) is 4.31 Å². The summed E-state index contributed by atoms with van der Waals surface area (Å²) in [5.41, 5.74) is 1.63. The molecule has 1 N–H and O–H groups in total. The maximum Gasteiger partial charge on any atom is 0.237 e. The Balaban J connectivity index is 2.59. The second-order valence-electron chi connectivity index (χ2n) is 4.15. The minimum atomic E-state index is -3.20. The van der Waals surface area contributed by atoms with Gasteiger partial charge in [0.25, 0.3) is 0 Å². The zero-order chi connectivity index (χ0) is 11.8. The summed E-state index contributed by atoms with van der Waals surface area (Å²) in [5.74, 6) is 0.139. The number of anilines is 2. The number of rotatable bonds is 1. The highest BCUT2D eigenvalue weighted by molar-refractivity contribution is 7.92. The van der Waals surface area contributed by atoms with E-state index in [2.05, 4.69) is 5.32 Å². The summed E-state index contributed by atoms with van der Waals surface area (Å²) >= 11 is 0. The Morgan fingerprint density at radius 2 is 2.00 bits per heavy atom. The molecule has 1 aromatic rings. The van der Waals surface area contributed by atoms with Crippen molar-refractivity contribution < 1.29 is 8.42 Å². The molecule has 16 heavy (non-hydrogen) atoms. The number of hydrogen-bond donors (Lipinski definition) is 1. The fourth-order valence-corrected chi connectivity index (χ4v) is 3.64. The molecule has 0 aromatic heterocycles. The number of nitrogens with one attached hydrogen (secondary N) is 1. The summed E-state index contributed by atoms with van der Waals surface area (Å²) in [4.78, 5) is 0. The van der Waals surface area contributed by atoms with Crippen molar-refractivity contribution in [1.29, 1.82) is 0 Å². The molecular formula is C11H16N2O2S. The van der Waals surface area contributed by atoms with E-state index in [1.165, 1.54) is 4.31 Å². The summed E-state index contributed by atoms with van der Waals surface area (Å²) in [7, 11) is -3.20. The molecule has 2 rings (SSSR count). The lowest BCUT2D eigenvalue weighted by atomic mass is 10.2. The molecule has 4 nitrogen and oxygen atoms in total. The van der Waals surface area contributed by atoms with Crippen LogP contribution < -0.4 is 9.62 Å². The average molecular weight is 240 g/mol. The molecule has 0 spiro atoms. The van der Waals surface area contributed by atoms with Crippen molar-refractivity contribution in [2.24, 2.45) is 0 Å². The molecule has 0 bridgehead atoms. The summed E-state index contributed by atoms with van der Waals surface area (Å²) in [6.07, 6.45) is 0. The highest BCUT2D eigenvalue weighted by Crippen LogP contribution is 2.31. The van der Waals surface area contributed by atoms with E-state index in [4.69, 9.17) is 0 Å². The third-order valence-electron chi connectivity index (χ3n) is 2.59. The molecule has 0 atom stereocenters. The number of nitrogens with zero attached hydrogens (tertiary/aromatic N) is 1. The van der Waals surface area contributed by atoms with Gasteiger partial charge in [-0.15, -0.1) is 0 Å². The van der Waals surface area contributed by atoms with Crippen LogP contribution in [-0.2, 0) is 10.0 Å². The van der Waals surface area contributed by atoms with Crippen molar-refractivity contribution in [2.45, 2.75) is 19.9 Å². The lowest BCUT2D eigenvalue weighted by Crippen LogP contribution is -2.38. The first kappa shape index (κ1) is 11.3. The predicted octanol–water partition coefficient (Wildman–Crippen LogP) is 1.66. The van der Waals surface area contributed by atoms with Gasteiger partial charge in [-0.25, -0.2) is 8.42 Å². The van der Waals surface area contributed by atoms with E-state index in [9.17, 15) is 8.42 Å². The first-order valence-electron chi connectivity index (χ1n) is 5.37. The van der Waals surface area contributed by atoms with Gasteiger partial charge < -0.3 is 5.32 Å². The normalized spacial score (nSPS) is 18.8. The number of sulfonamides is 1. The molecule has 1 aliphatic rings. The summed E-state index contributed by atoms with van der Waals surface area (Å²) in [6.45, 7) is 4.24. The van der Waals surface area contributed by atoms with Crippen LogP contribution in [0.25, 0.3) is 0 Å². The Hall–Kier alpha value is -1.23. The molecule has 0 fully saturated rings. The van der Waals surface area contributed by atoms with Gasteiger partial charge in [0.2, 0.25) is 10.0 Å². The third kappa shape index (κ3) is 1.87.